The molecule has 4 nitrogen and oxygen atoms in total. The average Bonchev–Trinajstić information content (AvgIpc) is 2.81. The van der Waals surface area contributed by atoms with Gasteiger partial charge in [0.25, 0.3) is 5.91 Å². The first-order valence-corrected chi connectivity index (χ1v) is 7.09. The maximum Gasteiger partial charge on any atom is 0.259 e. The van der Waals surface area contributed by atoms with E-state index in [1.807, 2.05) is 0 Å². The maximum absolute atomic E-state index is 13.1. The number of carboxylic acids is 1. The fourth-order valence-electron chi connectivity index (χ4n) is 2.95. The Labute approximate surface area is 132 Å². The Morgan fingerprint density at radius 3 is 2.57 bits per heavy atom. The summed E-state index contributed by atoms with van der Waals surface area (Å²) < 4.78 is 13.1. The second-order valence-corrected chi connectivity index (χ2v) is 5.25. The van der Waals surface area contributed by atoms with Crippen molar-refractivity contribution < 1.29 is 19.1 Å². The Morgan fingerprint density at radius 2 is 1.96 bits per heavy atom. The van der Waals surface area contributed by atoms with E-state index in [0.717, 1.165) is 0 Å². The molecular weight excluding hydrogens is 297 g/mol. The molecule has 1 heterocycles. The van der Waals surface area contributed by atoms with Gasteiger partial charge in [-0.3, -0.25) is 4.79 Å². The van der Waals surface area contributed by atoms with Crippen LogP contribution in [0.4, 0.5) is 10.1 Å². The number of carbonyl (C=O) groups is 2. The van der Waals surface area contributed by atoms with E-state index in [9.17, 15) is 19.1 Å². The predicted molar refractivity (Wildman–Crippen MR) is 81.5 cm³/mol. The topological polar surface area (TPSA) is 60.4 Å². The summed E-state index contributed by atoms with van der Waals surface area (Å²) in [4.78, 5) is 25.6. The first-order valence-electron chi connectivity index (χ1n) is 7.09. The van der Waals surface area contributed by atoms with Gasteiger partial charge in [0.15, 0.2) is 0 Å². The van der Waals surface area contributed by atoms with Crippen molar-refractivity contribution in [1.29, 1.82) is 0 Å². The minimum absolute atomic E-state index is 0.128. The number of hydrogen-bond acceptors (Lipinski definition) is 3. The zero-order valence-electron chi connectivity index (χ0n) is 12.2. The van der Waals surface area contributed by atoms with Gasteiger partial charge in [-0.2, -0.15) is 0 Å². The third-order valence-corrected chi connectivity index (χ3v) is 3.91. The summed E-state index contributed by atoms with van der Waals surface area (Å²) in [5.41, 5.74) is 1.11. The number of aromatic carboxylic acids is 1. The molecular formula is C18H13FNO3-. The van der Waals surface area contributed by atoms with Crippen LogP contribution >= 0.6 is 0 Å². The number of anilines is 1. The molecule has 0 aliphatic carbocycles. The minimum atomic E-state index is -1.39. The molecule has 0 spiro atoms. The lowest BCUT2D eigenvalue weighted by molar-refractivity contribution is -0.255. The number of fused-ring (bicyclic) bond motifs is 1. The van der Waals surface area contributed by atoms with Gasteiger partial charge in [-0.25, -0.2) is 4.39 Å². The van der Waals surface area contributed by atoms with Crippen LogP contribution in [0.2, 0.25) is 0 Å². The van der Waals surface area contributed by atoms with E-state index in [4.69, 9.17) is 0 Å². The molecule has 1 amide bonds. The number of halogens is 1. The summed E-state index contributed by atoms with van der Waals surface area (Å²) in [6, 6.07) is 9.79. The Hall–Kier alpha value is -2.95. The fourth-order valence-corrected chi connectivity index (χ4v) is 2.95. The monoisotopic (exact) mass is 310 g/mol. The lowest BCUT2D eigenvalue weighted by Gasteiger charge is -2.24. The standard InChI is InChI=1S/C18H14FNO3/c1-2-4-15-13-5-3-6-14(18(22)23)16(13)17(21)20(15)12-9-7-11(19)8-10-12/h2-3,5-10,15H,1,4H2,(H,22,23)/p-1/t15-/m1/s1. The molecule has 0 unspecified atom stereocenters. The van der Waals surface area contributed by atoms with Crippen molar-refractivity contribution in [2.24, 2.45) is 0 Å². The quantitative estimate of drug-likeness (QED) is 0.815. The SMILES string of the molecule is C=CC[C@@H]1c2cccc(C(=O)[O-])c2C(=O)N1c1ccc(F)cc1. The Balaban J connectivity index is 2.17. The summed E-state index contributed by atoms with van der Waals surface area (Å²) in [5, 5.41) is 11.3. The Bertz CT molecular complexity index is 798. The highest BCUT2D eigenvalue weighted by atomic mass is 19.1. The molecule has 1 aliphatic rings. The number of amides is 1. The van der Waals surface area contributed by atoms with Crippen LogP contribution in [-0.2, 0) is 0 Å². The summed E-state index contributed by atoms with van der Waals surface area (Å²) in [6.07, 6.45) is 2.11. The minimum Gasteiger partial charge on any atom is -0.545 e. The number of rotatable bonds is 4. The summed E-state index contributed by atoms with van der Waals surface area (Å²) in [6.45, 7) is 3.70. The molecule has 0 N–H and O–H groups in total. The molecule has 0 aromatic heterocycles. The van der Waals surface area contributed by atoms with E-state index in [2.05, 4.69) is 6.58 Å². The van der Waals surface area contributed by atoms with Gasteiger partial charge in [0.2, 0.25) is 0 Å². The van der Waals surface area contributed by atoms with Crippen molar-refractivity contribution in [1.82, 2.24) is 0 Å². The second-order valence-electron chi connectivity index (χ2n) is 5.25. The molecule has 116 valence electrons. The lowest BCUT2D eigenvalue weighted by atomic mass is 9.98. The van der Waals surface area contributed by atoms with Gasteiger partial charge in [0.1, 0.15) is 5.82 Å². The summed E-state index contributed by atoms with van der Waals surface area (Å²) in [5.74, 6) is -2.24. The zero-order chi connectivity index (χ0) is 16.6. The molecule has 23 heavy (non-hydrogen) atoms. The second kappa shape index (κ2) is 5.68. The van der Waals surface area contributed by atoms with E-state index in [1.54, 1.807) is 18.2 Å². The van der Waals surface area contributed by atoms with Crippen LogP contribution in [0.15, 0.2) is 55.1 Å². The third kappa shape index (κ3) is 2.40. The molecule has 1 aliphatic heterocycles. The van der Waals surface area contributed by atoms with E-state index in [0.29, 0.717) is 17.7 Å². The molecule has 1 atom stereocenters. The number of benzene rings is 2. The van der Waals surface area contributed by atoms with Crippen LogP contribution in [0.25, 0.3) is 0 Å². The van der Waals surface area contributed by atoms with Gasteiger partial charge in [-0.1, -0.05) is 24.3 Å². The van der Waals surface area contributed by atoms with E-state index in [-0.39, 0.29) is 17.2 Å². The molecule has 0 bridgehead atoms. The predicted octanol–water partition coefficient (Wildman–Crippen LogP) is 2.47. The van der Waals surface area contributed by atoms with Gasteiger partial charge < -0.3 is 14.8 Å². The van der Waals surface area contributed by atoms with Crippen molar-refractivity contribution in [3.8, 4) is 0 Å². The summed E-state index contributed by atoms with van der Waals surface area (Å²) >= 11 is 0. The highest BCUT2D eigenvalue weighted by Crippen LogP contribution is 2.40. The normalized spacial score (nSPS) is 16.3. The molecule has 2 aromatic rings. The number of nitrogens with zero attached hydrogens (tertiary/aromatic N) is 1. The van der Waals surface area contributed by atoms with Gasteiger partial charge in [0, 0.05) is 11.3 Å². The first kappa shape index (κ1) is 15.0. The molecule has 0 radical (unpaired) electrons. The molecule has 0 saturated carbocycles. The van der Waals surface area contributed by atoms with E-state index >= 15 is 0 Å². The van der Waals surface area contributed by atoms with Crippen LogP contribution in [0, 0.1) is 5.82 Å². The zero-order valence-corrected chi connectivity index (χ0v) is 12.2. The van der Waals surface area contributed by atoms with Crippen LogP contribution in [0.1, 0.15) is 38.7 Å². The van der Waals surface area contributed by atoms with Crippen LogP contribution in [0.3, 0.4) is 0 Å². The largest absolute Gasteiger partial charge is 0.545 e. The highest BCUT2D eigenvalue weighted by Gasteiger charge is 2.38. The van der Waals surface area contributed by atoms with Crippen LogP contribution in [-0.4, -0.2) is 11.9 Å². The number of carbonyl (C=O) groups excluding carboxylic acids is 2. The van der Waals surface area contributed by atoms with Crippen molar-refractivity contribution in [2.75, 3.05) is 4.90 Å². The Kier molecular flexibility index (Phi) is 3.70. The smallest absolute Gasteiger partial charge is 0.259 e. The summed E-state index contributed by atoms with van der Waals surface area (Å²) in [7, 11) is 0. The number of hydrogen-bond donors (Lipinski definition) is 0. The van der Waals surface area contributed by atoms with Gasteiger partial charge in [-0.15, -0.1) is 6.58 Å². The van der Waals surface area contributed by atoms with Gasteiger partial charge >= 0.3 is 0 Å². The number of carboxylic acid groups (broad SMARTS) is 1. The van der Waals surface area contributed by atoms with E-state index in [1.165, 1.54) is 35.2 Å². The van der Waals surface area contributed by atoms with Crippen molar-refractivity contribution in [3.05, 3.63) is 77.6 Å². The maximum atomic E-state index is 13.1. The molecule has 2 aromatic carbocycles. The lowest BCUT2D eigenvalue weighted by Crippen LogP contribution is -2.29. The molecule has 5 heteroatoms. The third-order valence-electron chi connectivity index (χ3n) is 3.91. The van der Waals surface area contributed by atoms with Crippen molar-refractivity contribution in [2.45, 2.75) is 12.5 Å². The fraction of sp³-hybridized carbons (Fsp3) is 0.111. The molecule has 0 fully saturated rings. The van der Waals surface area contributed by atoms with Crippen molar-refractivity contribution in [3.63, 3.8) is 0 Å². The first-order chi connectivity index (χ1) is 11.0. The average molecular weight is 310 g/mol. The van der Waals surface area contributed by atoms with Gasteiger partial charge in [-0.05, 0) is 36.2 Å². The van der Waals surface area contributed by atoms with Crippen LogP contribution in [0.5, 0.6) is 0 Å². The molecule has 0 saturated heterocycles. The Morgan fingerprint density at radius 1 is 1.26 bits per heavy atom. The van der Waals surface area contributed by atoms with Crippen LogP contribution < -0.4 is 10.0 Å². The molecule has 3 rings (SSSR count). The van der Waals surface area contributed by atoms with Gasteiger partial charge in [0.05, 0.1) is 17.6 Å². The van der Waals surface area contributed by atoms with E-state index < -0.39 is 17.7 Å². The van der Waals surface area contributed by atoms with Crippen molar-refractivity contribution >= 4 is 17.6 Å². The highest BCUT2D eigenvalue weighted by molar-refractivity contribution is 6.15.